The van der Waals surface area contributed by atoms with Gasteiger partial charge in [0.25, 0.3) is 0 Å². The Balaban J connectivity index is 1.11. The van der Waals surface area contributed by atoms with Gasteiger partial charge >= 0.3 is 0 Å². The van der Waals surface area contributed by atoms with Crippen LogP contribution in [-0.4, -0.2) is 43.3 Å². The molecule has 0 spiro atoms. The van der Waals surface area contributed by atoms with E-state index < -0.39 is 6.10 Å². The number of hydrogen-bond acceptors (Lipinski definition) is 6. The van der Waals surface area contributed by atoms with Gasteiger partial charge in [0.15, 0.2) is 5.82 Å². The van der Waals surface area contributed by atoms with E-state index in [-0.39, 0.29) is 24.4 Å². The van der Waals surface area contributed by atoms with Crippen molar-refractivity contribution in [2.45, 2.75) is 43.9 Å². The van der Waals surface area contributed by atoms with Gasteiger partial charge in [0, 0.05) is 23.8 Å². The summed E-state index contributed by atoms with van der Waals surface area (Å²) in [7, 11) is 0. The number of benzene rings is 2. The van der Waals surface area contributed by atoms with E-state index in [9.17, 15) is 9.90 Å². The minimum Gasteiger partial charge on any atom is -0.387 e. The van der Waals surface area contributed by atoms with Crippen molar-refractivity contribution in [1.29, 1.82) is 0 Å². The fraction of sp³-hybridized carbons (Fsp3) is 0.259. The smallest absolute Gasteiger partial charge is 0.233 e. The molecule has 8 heteroatoms. The fourth-order valence-corrected chi connectivity index (χ4v) is 4.49. The summed E-state index contributed by atoms with van der Waals surface area (Å²) < 4.78 is 0. The molecule has 1 aliphatic rings. The van der Waals surface area contributed by atoms with E-state index in [4.69, 9.17) is 0 Å². The van der Waals surface area contributed by atoms with Crippen LogP contribution in [0, 0.1) is 0 Å². The number of aliphatic hydroxyl groups excluding tert-OH is 1. The summed E-state index contributed by atoms with van der Waals surface area (Å²) in [6.07, 6.45) is 4.11. The van der Waals surface area contributed by atoms with Gasteiger partial charge in [0.1, 0.15) is 11.6 Å². The summed E-state index contributed by atoms with van der Waals surface area (Å²) in [4.78, 5) is 19.9. The van der Waals surface area contributed by atoms with Crippen LogP contribution in [0.25, 0.3) is 11.4 Å². The van der Waals surface area contributed by atoms with Crippen LogP contribution in [0.3, 0.4) is 0 Å². The highest BCUT2D eigenvalue weighted by atomic mass is 16.3. The van der Waals surface area contributed by atoms with Crippen molar-refractivity contribution < 1.29 is 9.90 Å². The molecule has 3 atom stereocenters. The lowest BCUT2D eigenvalue weighted by atomic mass is 10.0. The molecule has 0 aliphatic carbocycles. The number of amides is 1. The first-order chi connectivity index (χ1) is 17.1. The van der Waals surface area contributed by atoms with Crippen molar-refractivity contribution in [3.05, 3.63) is 95.9 Å². The van der Waals surface area contributed by atoms with Crippen LogP contribution in [0.5, 0.6) is 0 Å². The van der Waals surface area contributed by atoms with E-state index in [1.807, 2.05) is 72.8 Å². The lowest BCUT2D eigenvalue weighted by molar-refractivity contribution is -0.115. The monoisotopic (exact) mass is 468 g/mol. The Hall–Kier alpha value is -3.88. The van der Waals surface area contributed by atoms with E-state index in [0.29, 0.717) is 17.5 Å². The molecule has 35 heavy (non-hydrogen) atoms. The third-order valence-corrected chi connectivity index (χ3v) is 6.28. The number of nitrogens with one attached hydrogen (secondary N) is 3. The van der Waals surface area contributed by atoms with Gasteiger partial charge in [-0.1, -0.05) is 66.7 Å². The Bertz CT molecular complexity index is 1240. The van der Waals surface area contributed by atoms with Crippen LogP contribution in [0.1, 0.15) is 35.9 Å². The summed E-state index contributed by atoms with van der Waals surface area (Å²) in [5, 5.41) is 25.2. The predicted octanol–water partition coefficient (Wildman–Crippen LogP) is 3.44. The Labute approximate surface area is 203 Å². The van der Waals surface area contributed by atoms with Crippen molar-refractivity contribution in [2.24, 2.45) is 0 Å². The molecule has 1 aliphatic heterocycles. The van der Waals surface area contributed by atoms with Crippen molar-refractivity contribution in [2.75, 3.05) is 5.32 Å². The number of pyridine rings is 1. The van der Waals surface area contributed by atoms with Gasteiger partial charge in [0.05, 0.1) is 12.5 Å². The Morgan fingerprint density at radius 3 is 2.51 bits per heavy atom. The number of carbonyl (C=O) groups excluding carboxylic acids is 1. The number of carbonyl (C=O) groups is 1. The highest BCUT2D eigenvalue weighted by molar-refractivity contribution is 5.90. The van der Waals surface area contributed by atoms with Gasteiger partial charge in [-0.25, -0.2) is 4.98 Å². The lowest BCUT2D eigenvalue weighted by Crippen LogP contribution is -2.35. The number of aliphatic hydroxyl groups is 1. The maximum absolute atomic E-state index is 12.4. The zero-order valence-electron chi connectivity index (χ0n) is 19.3. The number of hydrogen-bond donors (Lipinski definition) is 4. The zero-order chi connectivity index (χ0) is 24.0. The van der Waals surface area contributed by atoms with Crippen molar-refractivity contribution in [3.63, 3.8) is 0 Å². The van der Waals surface area contributed by atoms with E-state index >= 15 is 0 Å². The van der Waals surface area contributed by atoms with E-state index in [1.165, 1.54) is 0 Å². The van der Waals surface area contributed by atoms with Gasteiger partial charge in [-0.05, 0) is 36.5 Å². The molecule has 1 unspecified atom stereocenters. The molecule has 1 saturated heterocycles. The van der Waals surface area contributed by atoms with Crippen molar-refractivity contribution in [1.82, 2.24) is 25.5 Å². The van der Waals surface area contributed by atoms with Crippen molar-refractivity contribution >= 4 is 11.7 Å². The van der Waals surface area contributed by atoms with Crippen LogP contribution in [0.4, 0.5) is 5.82 Å². The summed E-state index contributed by atoms with van der Waals surface area (Å²) in [6, 6.07) is 23.5. The molecular formula is C27H28N6O2. The zero-order valence-corrected chi connectivity index (χ0v) is 19.3. The summed E-state index contributed by atoms with van der Waals surface area (Å²) in [6.45, 7) is 0. The average molecular weight is 469 g/mol. The Morgan fingerprint density at radius 1 is 1.00 bits per heavy atom. The summed E-state index contributed by atoms with van der Waals surface area (Å²) in [5.74, 6) is 1.42. The molecule has 1 fully saturated rings. The van der Waals surface area contributed by atoms with Gasteiger partial charge < -0.3 is 20.7 Å². The van der Waals surface area contributed by atoms with Crippen LogP contribution in [0.2, 0.25) is 0 Å². The first-order valence-electron chi connectivity index (χ1n) is 11.8. The average Bonchev–Trinajstić information content (AvgIpc) is 3.56. The lowest BCUT2D eigenvalue weighted by Gasteiger charge is -2.20. The van der Waals surface area contributed by atoms with Crippen LogP contribution in [-0.2, 0) is 17.6 Å². The molecule has 2 aromatic carbocycles. The molecule has 0 bridgehead atoms. The molecule has 3 heterocycles. The van der Waals surface area contributed by atoms with Crippen molar-refractivity contribution in [3.8, 4) is 11.4 Å². The highest BCUT2D eigenvalue weighted by Gasteiger charge is 2.29. The second-order valence-electron chi connectivity index (χ2n) is 8.87. The minimum absolute atomic E-state index is 0.0485. The molecule has 8 nitrogen and oxygen atoms in total. The molecule has 0 radical (unpaired) electrons. The number of aromatic nitrogens is 4. The second-order valence-corrected chi connectivity index (χ2v) is 8.87. The fourth-order valence-electron chi connectivity index (χ4n) is 4.49. The van der Waals surface area contributed by atoms with E-state index in [1.54, 1.807) is 6.20 Å². The minimum atomic E-state index is -0.509. The Kier molecular flexibility index (Phi) is 6.92. The number of nitrogens with zero attached hydrogens (tertiary/aromatic N) is 3. The molecule has 1 amide bonds. The first kappa shape index (κ1) is 22.9. The second kappa shape index (κ2) is 10.6. The molecular weight excluding hydrogens is 440 g/mol. The van der Waals surface area contributed by atoms with Gasteiger partial charge in [-0.15, -0.1) is 10.2 Å². The maximum atomic E-state index is 12.4. The number of aromatic amines is 1. The number of anilines is 1. The largest absolute Gasteiger partial charge is 0.387 e. The normalized spacial score (nSPS) is 18.3. The van der Waals surface area contributed by atoms with Gasteiger partial charge in [-0.3, -0.25) is 4.79 Å². The SMILES string of the molecule is O=C(Cc1nnc(-c2ccccc2)[nH]1)Nc1ccc(C[C@@H]2CC[C@H](C(O)c3ccccc3)N2)cn1. The summed E-state index contributed by atoms with van der Waals surface area (Å²) >= 11 is 0. The van der Waals surface area contributed by atoms with Crippen LogP contribution in [0.15, 0.2) is 79.0 Å². The van der Waals surface area contributed by atoms with Gasteiger partial charge in [0.2, 0.25) is 5.91 Å². The van der Waals surface area contributed by atoms with Gasteiger partial charge in [-0.2, -0.15) is 0 Å². The van der Waals surface area contributed by atoms with E-state index in [2.05, 4.69) is 30.8 Å². The molecule has 4 N–H and O–H groups in total. The maximum Gasteiger partial charge on any atom is 0.233 e. The molecule has 4 aromatic rings. The molecule has 0 saturated carbocycles. The molecule has 178 valence electrons. The van der Waals surface area contributed by atoms with E-state index in [0.717, 1.165) is 36.0 Å². The highest BCUT2D eigenvalue weighted by Crippen LogP contribution is 2.26. The summed E-state index contributed by atoms with van der Waals surface area (Å²) in [5.41, 5.74) is 2.94. The quantitative estimate of drug-likeness (QED) is 0.315. The predicted molar refractivity (Wildman–Crippen MR) is 133 cm³/mol. The molecule has 2 aromatic heterocycles. The topological polar surface area (TPSA) is 116 Å². The third-order valence-electron chi connectivity index (χ3n) is 6.28. The van der Waals surface area contributed by atoms with Crippen LogP contribution < -0.4 is 10.6 Å². The third kappa shape index (κ3) is 5.79. The first-order valence-corrected chi connectivity index (χ1v) is 11.8. The standard InChI is InChI=1S/C27H28N6O2/c34-25(16-24-31-27(33-32-24)20-9-5-2-6-10-20)30-23-14-11-18(17-28-23)15-21-12-13-22(29-21)26(35)19-7-3-1-4-8-19/h1-11,14,17,21-22,26,29,35H,12-13,15-16H2,(H,28,30,34)(H,31,32,33)/t21-,22+,26?/m0/s1. The molecule has 5 rings (SSSR count). The number of rotatable bonds is 8. The number of H-pyrrole nitrogens is 1. The van der Waals surface area contributed by atoms with Crippen LogP contribution >= 0.6 is 0 Å². The Morgan fingerprint density at radius 2 is 1.77 bits per heavy atom.